The Hall–Kier alpha value is -1.96. The van der Waals surface area contributed by atoms with E-state index in [4.69, 9.17) is 4.52 Å². The number of thiazole rings is 1. The summed E-state index contributed by atoms with van der Waals surface area (Å²) in [7, 11) is 1.77. The highest BCUT2D eigenvalue weighted by molar-refractivity contribution is 7.11. The molecule has 2 aromatic heterocycles. The third-order valence-electron chi connectivity index (χ3n) is 3.58. The Morgan fingerprint density at radius 3 is 2.52 bits per heavy atom. The largest absolute Gasteiger partial charge is 0.337 e. The van der Waals surface area contributed by atoms with Crippen molar-refractivity contribution in [1.29, 1.82) is 0 Å². The van der Waals surface area contributed by atoms with Crippen molar-refractivity contribution >= 4 is 17.4 Å². The highest BCUT2D eigenvalue weighted by atomic mass is 32.1. The molecule has 2 aromatic rings. The van der Waals surface area contributed by atoms with Gasteiger partial charge < -0.3 is 14.7 Å². The smallest absolute Gasteiger partial charge is 0.318 e. The predicted octanol–water partition coefficient (Wildman–Crippen LogP) is 3.17. The van der Waals surface area contributed by atoms with Gasteiger partial charge in [0, 0.05) is 17.8 Å². The number of rotatable bonds is 5. The second kappa shape index (κ2) is 7.08. The second-order valence-corrected chi connectivity index (χ2v) is 6.90. The van der Waals surface area contributed by atoms with E-state index in [9.17, 15) is 4.79 Å². The molecule has 0 aromatic carbocycles. The molecule has 7 nitrogen and oxygen atoms in total. The number of nitrogens with zero attached hydrogens (tertiary/aromatic N) is 4. The van der Waals surface area contributed by atoms with Gasteiger partial charge in [0.15, 0.2) is 5.82 Å². The first-order chi connectivity index (χ1) is 10.8. The maximum Gasteiger partial charge on any atom is 0.318 e. The van der Waals surface area contributed by atoms with Gasteiger partial charge in [-0.1, -0.05) is 19.0 Å². The minimum absolute atomic E-state index is 0.0515. The molecule has 0 aliphatic carbocycles. The molecule has 0 aliphatic heterocycles. The number of aryl methyl sites for hydroxylation is 2. The van der Waals surface area contributed by atoms with Gasteiger partial charge in [-0.15, -0.1) is 11.3 Å². The average molecular weight is 337 g/mol. The lowest BCUT2D eigenvalue weighted by atomic mass is 10.2. The number of urea groups is 1. The summed E-state index contributed by atoms with van der Waals surface area (Å²) in [6.07, 6.45) is 0. The molecule has 2 amide bonds. The van der Waals surface area contributed by atoms with Gasteiger partial charge in [-0.2, -0.15) is 4.98 Å². The van der Waals surface area contributed by atoms with E-state index < -0.39 is 0 Å². The van der Waals surface area contributed by atoms with Crippen LogP contribution in [0.4, 0.5) is 4.79 Å². The lowest BCUT2D eigenvalue weighted by Crippen LogP contribution is -2.38. The lowest BCUT2D eigenvalue weighted by Gasteiger charge is -2.24. The molecule has 0 saturated carbocycles. The minimum atomic E-state index is -0.188. The first kappa shape index (κ1) is 17.4. The molecular formula is C15H23N5O2S. The van der Waals surface area contributed by atoms with Crippen molar-refractivity contribution in [3.63, 3.8) is 0 Å². The van der Waals surface area contributed by atoms with Crippen molar-refractivity contribution in [2.24, 2.45) is 0 Å². The van der Waals surface area contributed by atoms with Gasteiger partial charge in [-0.3, -0.25) is 0 Å². The van der Waals surface area contributed by atoms with Crippen LogP contribution in [-0.2, 0) is 6.54 Å². The Kier molecular flexibility index (Phi) is 5.35. The third kappa shape index (κ3) is 4.07. The summed E-state index contributed by atoms with van der Waals surface area (Å²) in [6, 6.07) is -0.239. The number of hydrogen-bond donors (Lipinski definition) is 1. The van der Waals surface area contributed by atoms with Gasteiger partial charge in [-0.25, -0.2) is 9.78 Å². The Bertz CT molecular complexity index is 679. The minimum Gasteiger partial charge on any atom is -0.337 e. The van der Waals surface area contributed by atoms with E-state index in [0.29, 0.717) is 17.6 Å². The molecule has 0 bridgehead atoms. The van der Waals surface area contributed by atoms with Crippen LogP contribution in [0, 0.1) is 13.8 Å². The van der Waals surface area contributed by atoms with Crippen LogP contribution in [0.15, 0.2) is 4.52 Å². The van der Waals surface area contributed by atoms with Crippen LogP contribution in [0.5, 0.6) is 0 Å². The fourth-order valence-electron chi connectivity index (χ4n) is 2.10. The molecule has 0 unspecified atom stereocenters. The SMILES string of the molecule is Cc1noc(CNC(=O)N(C)[C@@H](C)c2sc(C(C)C)nc2C)n1. The summed E-state index contributed by atoms with van der Waals surface area (Å²) < 4.78 is 4.99. The first-order valence-corrected chi connectivity index (χ1v) is 8.38. The molecule has 126 valence electrons. The number of hydrogen-bond acceptors (Lipinski definition) is 6. The first-order valence-electron chi connectivity index (χ1n) is 7.56. The van der Waals surface area contributed by atoms with Crippen LogP contribution in [0.2, 0.25) is 0 Å². The third-order valence-corrected chi connectivity index (χ3v) is 5.21. The molecule has 0 saturated heterocycles. The number of carbonyl (C=O) groups is 1. The topological polar surface area (TPSA) is 84.2 Å². The Morgan fingerprint density at radius 2 is 2.00 bits per heavy atom. The molecule has 8 heteroatoms. The summed E-state index contributed by atoms with van der Waals surface area (Å²) in [5.41, 5.74) is 0.985. The van der Waals surface area contributed by atoms with Gasteiger partial charge in [-0.05, 0) is 20.8 Å². The Morgan fingerprint density at radius 1 is 1.30 bits per heavy atom. The van der Waals surface area contributed by atoms with Crippen molar-refractivity contribution in [3.8, 4) is 0 Å². The highest BCUT2D eigenvalue weighted by Gasteiger charge is 2.23. The molecule has 2 rings (SSSR count). The quantitative estimate of drug-likeness (QED) is 0.906. The van der Waals surface area contributed by atoms with E-state index in [1.165, 1.54) is 0 Å². The maximum atomic E-state index is 12.3. The van der Waals surface area contributed by atoms with Crippen molar-refractivity contribution in [1.82, 2.24) is 25.3 Å². The summed E-state index contributed by atoms with van der Waals surface area (Å²) in [6.45, 7) is 10.2. The standard InChI is InChI=1S/C15H23N5O2S/c1-8(2)14-17-9(3)13(23-14)10(4)20(6)15(21)16-7-12-18-11(5)19-22-12/h8,10H,7H2,1-6H3,(H,16,21)/t10-/m0/s1. The lowest BCUT2D eigenvalue weighted by molar-refractivity contribution is 0.193. The predicted molar refractivity (Wildman–Crippen MR) is 88.4 cm³/mol. The number of aromatic nitrogens is 3. The van der Waals surface area contributed by atoms with Crippen molar-refractivity contribution in [2.75, 3.05) is 7.05 Å². The van der Waals surface area contributed by atoms with E-state index in [1.807, 2.05) is 13.8 Å². The maximum absolute atomic E-state index is 12.3. The Labute approximate surface area is 140 Å². The van der Waals surface area contributed by atoms with Crippen molar-refractivity contribution in [2.45, 2.75) is 53.1 Å². The molecule has 1 N–H and O–H groups in total. The van der Waals surface area contributed by atoms with E-state index >= 15 is 0 Å². The zero-order valence-electron chi connectivity index (χ0n) is 14.4. The van der Waals surface area contributed by atoms with Crippen LogP contribution < -0.4 is 5.32 Å². The van der Waals surface area contributed by atoms with Crippen LogP contribution >= 0.6 is 11.3 Å². The van der Waals surface area contributed by atoms with E-state index in [1.54, 1.807) is 30.2 Å². The normalized spacial score (nSPS) is 12.5. The van der Waals surface area contributed by atoms with Crippen LogP contribution in [0.3, 0.4) is 0 Å². The zero-order valence-corrected chi connectivity index (χ0v) is 15.2. The highest BCUT2D eigenvalue weighted by Crippen LogP contribution is 2.31. The Balaban J connectivity index is 2.00. The van der Waals surface area contributed by atoms with Crippen LogP contribution in [0.25, 0.3) is 0 Å². The fraction of sp³-hybridized carbons (Fsp3) is 0.600. The van der Waals surface area contributed by atoms with Gasteiger partial charge in [0.25, 0.3) is 0 Å². The van der Waals surface area contributed by atoms with Gasteiger partial charge in [0.1, 0.15) is 0 Å². The number of carbonyl (C=O) groups excluding carboxylic acids is 1. The van der Waals surface area contributed by atoms with Crippen LogP contribution in [0.1, 0.15) is 60.0 Å². The van der Waals surface area contributed by atoms with Crippen LogP contribution in [-0.4, -0.2) is 33.1 Å². The molecule has 2 heterocycles. The van der Waals surface area contributed by atoms with Gasteiger partial charge >= 0.3 is 6.03 Å². The summed E-state index contributed by atoms with van der Waals surface area (Å²) in [5, 5.41) is 7.58. The van der Waals surface area contributed by atoms with Gasteiger partial charge in [0.05, 0.1) is 23.3 Å². The van der Waals surface area contributed by atoms with E-state index in [-0.39, 0.29) is 18.6 Å². The average Bonchev–Trinajstić information content (AvgIpc) is 3.09. The molecule has 0 fully saturated rings. The molecule has 23 heavy (non-hydrogen) atoms. The summed E-state index contributed by atoms with van der Waals surface area (Å²) in [5.74, 6) is 1.34. The van der Waals surface area contributed by atoms with Crippen molar-refractivity contribution in [3.05, 3.63) is 27.3 Å². The second-order valence-electron chi connectivity index (χ2n) is 5.84. The zero-order chi connectivity index (χ0) is 17.1. The number of nitrogens with one attached hydrogen (secondary N) is 1. The fourth-order valence-corrected chi connectivity index (χ4v) is 3.27. The van der Waals surface area contributed by atoms with E-state index in [2.05, 4.69) is 34.3 Å². The van der Waals surface area contributed by atoms with Crippen molar-refractivity contribution < 1.29 is 9.32 Å². The molecular weight excluding hydrogens is 314 g/mol. The molecule has 1 atom stereocenters. The van der Waals surface area contributed by atoms with Gasteiger partial charge in [0.2, 0.25) is 5.89 Å². The van der Waals surface area contributed by atoms with E-state index in [0.717, 1.165) is 15.6 Å². The summed E-state index contributed by atoms with van der Waals surface area (Å²) >= 11 is 1.67. The molecule has 0 aliphatic rings. The number of amides is 2. The monoisotopic (exact) mass is 337 g/mol. The molecule has 0 spiro atoms. The summed E-state index contributed by atoms with van der Waals surface area (Å²) in [4.78, 5) is 23.7. The molecule has 0 radical (unpaired) electrons.